The molecular formula is C17H16N2O2. The molecule has 0 saturated heterocycles. The number of hydrogen-bond donors (Lipinski definition) is 1. The van der Waals surface area contributed by atoms with E-state index in [1.807, 2.05) is 54.6 Å². The SMILES string of the molecule is O=c1c(-c2ccccc2)nc2ccccc2n1CCCO. The van der Waals surface area contributed by atoms with Crippen LogP contribution in [-0.2, 0) is 6.54 Å². The summed E-state index contributed by atoms with van der Waals surface area (Å²) in [5.74, 6) is 0. The van der Waals surface area contributed by atoms with Gasteiger partial charge in [-0.25, -0.2) is 4.98 Å². The molecule has 4 heteroatoms. The molecule has 0 aliphatic carbocycles. The molecule has 0 spiro atoms. The van der Waals surface area contributed by atoms with E-state index in [-0.39, 0.29) is 12.2 Å². The van der Waals surface area contributed by atoms with E-state index in [0.717, 1.165) is 16.6 Å². The van der Waals surface area contributed by atoms with Crippen LogP contribution in [0.5, 0.6) is 0 Å². The lowest BCUT2D eigenvalue weighted by Gasteiger charge is -2.11. The Balaban J connectivity index is 2.27. The molecule has 4 nitrogen and oxygen atoms in total. The second-order valence-corrected chi connectivity index (χ2v) is 4.85. The van der Waals surface area contributed by atoms with Gasteiger partial charge in [-0.3, -0.25) is 4.79 Å². The molecule has 0 aliphatic rings. The first-order chi connectivity index (χ1) is 10.3. The number of nitrogens with zero attached hydrogens (tertiary/aromatic N) is 2. The van der Waals surface area contributed by atoms with Gasteiger partial charge in [-0.2, -0.15) is 0 Å². The minimum Gasteiger partial charge on any atom is -0.396 e. The fourth-order valence-corrected chi connectivity index (χ4v) is 2.43. The van der Waals surface area contributed by atoms with Gasteiger partial charge in [-0.1, -0.05) is 42.5 Å². The second-order valence-electron chi connectivity index (χ2n) is 4.85. The molecule has 0 atom stereocenters. The third-order valence-electron chi connectivity index (χ3n) is 3.44. The maximum Gasteiger partial charge on any atom is 0.277 e. The summed E-state index contributed by atoms with van der Waals surface area (Å²) in [6.45, 7) is 0.544. The van der Waals surface area contributed by atoms with Crippen molar-refractivity contribution in [3.8, 4) is 11.3 Å². The Hall–Kier alpha value is -2.46. The third kappa shape index (κ3) is 2.58. The van der Waals surface area contributed by atoms with Crippen molar-refractivity contribution in [1.82, 2.24) is 9.55 Å². The summed E-state index contributed by atoms with van der Waals surface area (Å²) in [6, 6.07) is 17.0. The third-order valence-corrected chi connectivity index (χ3v) is 3.44. The Morgan fingerprint density at radius 1 is 1.00 bits per heavy atom. The Bertz CT molecular complexity index is 810. The molecule has 3 aromatic rings. The molecule has 1 heterocycles. The standard InChI is InChI=1S/C17H16N2O2/c20-12-6-11-19-15-10-5-4-9-14(15)18-16(17(19)21)13-7-2-1-3-8-13/h1-5,7-10,20H,6,11-12H2. The van der Waals surface area contributed by atoms with E-state index >= 15 is 0 Å². The smallest absolute Gasteiger partial charge is 0.277 e. The number of hydrogen-bond acceptors (Lipinski definition) is 3. The highest BCUT2D eigenvalue weighted by atomic mass is 16.3. The van der Waals surface area contributed by atoms with Crippen LogP contribution in [-0.4, -0.2) is 21.3 Å². The van der Waals surface area contributed by atoms with Gasteiger partial charge in [0, 0.05) is 18.7 Å². The normalized spacial score (nSPS) is 10.9. The summed E-state index contributed by atoms with van der Waals surface area (Å²) in [7, 11) is 0. The highest BCUT2D eigenvalue weighted by Crippen LogP contribution is 2.17. The lowest BCUT2D eigenvalue weighted by molar-refractivity contribution is 0.280. The van der Waals surface area contributed by atoms with Crippen LogP contribution in [0.3, 0.4) is 0 Å². The van der Waals surface area contributed by atoms with Crippen molar-refractivity contribution in [2.24, 2.45) is 0 Å². The number of benzene rings is 2. The zero-order chi connectivity index (χ0) is 14.7. The van der Waals surface area contributed by atoms with E-state index in [9.17, 15) is 4.79 Å². The van der Waals surface area contributed by atoms with Gasteiger partial charge in [-0.15, -0.1) is 0 Å². The first-order valence-corrected chi connectivity index (χ1v) is 6.97. The minimum absolute atomic E-state index is 0.0593. The van der Waals surface area contributed by atoms with Gasteiger partial charge in [-0.05, 0) is 18.6 Å². The highest BCUT2D eigenvalue weighted by Gasteiger charge is 2.11. The van der Waals surface area contributed by atoms with E-state index in [1.165, 1.54) is 0 Å². The highest BCUT2D eigenvalue weighted by molar-refractivity contribution is 5.77. The summed E-state index contributed by atoms with van der Waals surface area (Å²) < 4.78 is 1.70. The zero-order valence-electron chi connectivity index (χ0n) is 11.6. The van der Waals surface area contributed by atoms with Crippen LogP contribution >= 0.6 is 0 Å². The van der Waals surface area contributed by atoms with Crippen molar-refractivity contribution in [3.05, 3.63) is 65.0 Å². The quantitative estimate of drug-likeness (QED) is 0.798. The predicted octanol–water partition coefficient (Wildman–Crippen LogP) is 2.45. The molecule has 1 aromatic heterocycles. The molecule has 0 aliphatic heterocycles. The summed E-state index contributed by atoms with van der Waals surface area (Å²) in [5.41, 5.74) is 2.73. The number of para-hydroxylation sites is 2. The number of aliphatic hydroxyl groups excluding tert-OH is 1. The van der Waals surface area contributed by atoms with Crippen molar-refractivity contribution >= 4 is 11.0 Å². The van der Waals surface area contributed by atoms with Crippen molar-refractivity contribution < 1.29 is 5.11 Å². The Kier molecular flexibility index (Phi) is 3.79. The summed E-state index contributed by atoms with van der Waals surface area (Å²) >= 11 is 0. The molecule has 0 unspecified atom stereocenters. The second kappa shape index (κ2) is 5.89. The van der Waals surface area contributed by atoms with Gasteiger partial charge in [0.05, 0.1) is 11.0 Å². The van der Waals surface area contributed by atoms with Gasteiger partial charge in [0.15, 0.2) is 0 Å². The number of fused-ring (bicyclic) bond motifs is 1. The van der Waals surface area contributed by atoms with Crippen LogP contribution in [0.15, 0.2) is 59.4 Å². The average molecular weight is 280 g/mol. The molecular weight excluding hydrogens is 264 g/mol. The molecule has 1 N–H and O–H groups in total. The Morgan fingerprint density at radius 3 is 2.48 bits per heavy atom. The first-order valence-electron chi connectivity index (χ1n) is 6.97. The van der Waals surface area contributed by atoms with E-state index in [2.05, 4.69) is 4.98 Å². The number of aryl methyl sites for hydroxylation is 1. The lowest BCUT2D eigenvalue weighted by Crippen LogP contribution is -2.24. The van der Waals surface area contributed by atoms with Crippen LogP contribution < -0.4 is 5.56 Å². The van der Waals surface area contributed by atoms with Gasteiger partial charge < -0.3 is 9.67 Å². The first kappa shape index (κ1) is 13.5. The molecule has 0 radical (unpaired) electrons. The summed E-state index contributed by atoms with van der Waals surface area (Å²) in [4.78, 5) is 17.2. The Morgan fingerprint density at radius 2 is 1.71 bits per heavy atom. The van der Waals surface area contributed by atoms with Gasteiger partial charge >= 0.3 is 0 Å². The molecule has 0 saturated carbocycles. The fourth-order valence-electron chi connectivity index (χ4n) is 2.43. The number of aromatic nitrogens is 2. The van der Waals surface area contributed by atoms with Crippen LogP contribution in [0.2, 0.25) is 0 Å². The molecule has 0 fully saturated rings. The topological polar surface area (TPSA) is 55.1 Å². The fraction of sp³-hybridized carbons (Fsp3) is 0.176. The van der Waals surface area contributed by atoms with E-state index in [1.54, 1.807) is 4.57 Å². The molecule has 2 aromatic carbocycles. The maximum atomic E-state index is 12.7. The number of rotatable bonds is 4. The largest absolute Gasteiger partial charge is 0.396 e. The van der Waals surface area contributed by atoms with Gasteiger partial charge in [0.1, 0.15) is 5.69 Å². The van der Waals surface area contributed by atoms with Crippen molar-refractivity contribution in [2.75, 3.05) is 6.61 Å². The number of aliphatic hydroxyl groups is 1. The van der Waals surface area contributed by atoms with E-state index < -0.39 is 0 Å². The van der Waals surface area contributed by atoms with Crippen LogP contribution in [0.1, 0.15) is 6.42 Å². The average Bonchev–Trinajstić information content (AvgIpc) is 2.54. The van der Waals surface area contributed by atoms with Gasteiger partial charge in [0.2, 0.25) is 0 Å². The van der Waals surface area contributed by atoms with Gasteiger partial charge in [0.25, 0.3) is 5.56 Å². The molecule has 0 bridgehead atoms. The van der Waals surface area contributed by atoms with Crippen LogP contribution in [0.25, 0.3) is 22.3 Å². The molecule has 0 amide bonds. The van der Waals surface area contributed by atoms with E-state index in [0.29, 0.717) is 18.7 Å². The Labute approximate surface area is 122 Å². The van der Waals surface area contributed by atoms with Crippen LogP contribution in [0, 0.1) is 0 Å². The maximum absolute atomic E-state index is 12.7. The summed E-state index contributed by atoms with van der Waals surface area (Å²) in [6.07, 6.45) is 0.544. The van der Waals surface area contributed by atoms with Crippen molar-refractivity contribution in [1.29, 1.82) is 0 Å². The minimum atomic E-state index is -0.117. The summed E-state index contributed by atoms with van der Waals surface area (Å²) in [5, 5.41) is 9.05. The molecule has 3 rings (SSSR count). The van der Waals surface area contributed by atoms with Crippen molar-refractivity contribution in [2.45, 2.75) is 13.0 Å². The predicted molar refractivity (Wildman–Crippen MR) is 83.1 cm³/mol. The molecule has 106 valence electrons. The monoisotopic (exact) mass is 280 g/mol. The zero-order valence-corrected chi connectivity index (χ0v) is 11.6. The van der Waals surface area contributed by atoms with Crippen LogP contribution in [0.4, 0.5) is 0 Å². The van der Waals surface area contributed by atoms with Crippen molar-refractivity contribution in [3.63, 3.8) is 0 Å². The van der Waals surface area contributed by atoms with E-state index in [4.69, 9.17) is 5.11 Å². The lowest BCUT2D eigenvalue weighted by atomic mass is 10.1. The molecule has 21 heavy (non-hydrogen) atoms.